The number of rotatable bonds is 3. The number of aryl methyl sites for hydroxylation is 1. The lowest BCUT2D eigenvalue weighted by Crippen LogP contribution is -2.21. The zero-order chi connectivity index (χ0) is 17.5. The summed E-state index contributed by atoms with van der Waals surface area (Å²) < 4.78 is 38.4. The predicted octanol–water partition coefficient (Wildman–Crippen LogP) is 4.77. The summed E-state index contributed by atoms with van der Waals surface area (Å²) in [7, 11) is 0. The molecule has 2 N–H and O–H groups in total. The van der Waals surface area contributed by atoms with Crippen molar-refractivity contribution in [1.29, 1.82) is 0 Å². The Morgan fingerprint density at radius 2 is 1.83 bits per heavy atom. The highest BCUT2D eigenvalue weighted by Gasteiger charge is 2.41. The van der Waals surface area contributed by atoms with Crippen LogP contribution in [-0.4, -0.2) is 22.0 Å². The molecule has 0 spiro atoms. The van der Waals surface area contributed by atoms with Crippen LogP contribution >= 0.6 is 0 Å². The molecule has 0 saturated carbocycles. The summed E-state index contributed by atoms with van der Waals surface area (Å²) in [6, 6.07) is 0. The summed E-state index contributed by atoms with van der Waals surface area (Å²) in [5, 5.41) is 9.56. The van der Waals surface area contributed by atoms with Crippen molar-refractivity contribution in [1.82, 2.24) is 4.98 Å². The molecule has 2 heterocycles. The third-order valence-electron chi connectivity index (χ3n) is 4.31. The van der Waals surface area contributed by atoms with Crippen LogP contribution in [0.1, 0.15) is 55.8 Å². The molecule has 23 heavy (non-hydrogen) atoms. The molecule has 0 aliphatic carbocycles. The molecule has 1 atom stereocenters. The second-order valence-corrected chi connectivity index (χ2v) is 5.83. The Morgan fingerprint density at radius 1 is 1.22 bits per heavy atom. The van der Waals surface area contributed by atoms with E-state index in [-0.39, 0.29) is 5.56 Å². The molecule has 1 aromatic rings. The Balaban J connectivity index is 2.49. The summed E-state index contributed by atoms with van der Waals surface area (Å²) in [4.78, 5) is 7.42. The van der Waals surface area contributed by atoms with E-state index >= 15 is 0 Å². The first kappa shape index (κ1) is 17.5. The lowest BCUT2D eigenvalue weighted by Gasteiger charge is -2.15. The normalized spacial score (nSPS) is 18.8. The first-order valence-electron chi connectivity index (χ1n) is 7.49. The van der Waals surface area contributed by atoms with Crippen molar-refractivity contribution in [2.24, 2.45) is 4.99 Å². The van der Waals surface area contributed by atoms with Gasteiger partial charge in [0.05, 0.1) is 5.70 Å². The van der Waals surface area contributed by atoms with Gasteiger partial charge in [0.25, 0.3) is 0 Å². The van der Waals surface area contributed by atoms with Gasteiger partial charge in [-0.1, -0.05) is 6.92 Å². The van der Waals surface area contributed by atoms with Crippen LogP contribution in [0.3, 0.4) is 0 Å². The van der Waals surface area contributed by atoms with E-state index in [2.05, 4.69) is 9.98 Å². The van der Waals surface area contributed by atoms with Gasteiger partial charge in [-0.05, 0) is 56.9 Å². The van der Waals surface area contributed by atoms with Crippen LogP contribution in [0.15, 0.2) is 21.8 Å². The molecule has 3 nitrogen and oxygen atoms in total. The molecule has 126 valence electrons. The van der Waals surface area contributed by atoms with Gasteiger partial charge >= 0.3 is 6.18 Å². The quantitative estimate of drug-likeness (QED) is 0.826. The third-order valence-corrected chi connectivity index (χ3v) is 4.31. The maximum Gasteiger partial charge on any atom is 0.418 e. The van der Waals surface area contributed by atoms with Crippen molar-refractivity contribution in [2.75, 3.05) is 0 Å². The van der Waals surface area contributed by atoms with Crippen molar-refractivity contribution in [3.05, 3.63) is 39.4 Å². The maximum atomic E-state index is 12.8. The number of halogens is 3. The molecule has 6 heteroatoms. The van der Waals surface area contributed by atoms with Crippen molar-refractivity contribution in [2.45, 2.75) is 53.3 Å². The van der Waals surface area contributed by atoms with E-state index in [1.54, 1.807) is 13.0 Å². The van der Waals surface area contributed by atoms with Crippen molar-refractivity contribution in [3.8, 4) is 0 Å². The number of hydrogen-bond donors (Lipinski definition) is 2. The van der Waals surface area contributed by atoms with E-state index in [4.69, 9.17) is 0 Å². The molecule has 1 unspecified atom stereocenters. The second-order valence-electron chi connectivity index (χ2n) is 5.83. The first-order valence-corrected chi connectivity index (χ1v) is 7.49. The molecular formula is C17H21F3N2O. The summed E-state index contributed by atoms with van der Waals surface area (Å²) in [5.74, 6) is 0. The molecule has 1 aromatic heterocycles. The Hall–Kier alpha value is -1.82. The number of aliphatic imine (C=N–C) groups is 1. The van der Waals surface area contributed by atoms with Gasteiger partial charge in [0.1, 0.15) is 0 Å². The van der Waals surface area contributed by atoms with Crippen LogP contribution in [0.2, 0.25) is 0 Å². The SMILES string of the molecule is CCC1=C(C)/C(=C/c2[nH]c(C)c(C(O)C(F)(F)F)c2C)N=C1C. The van der Waals surface area contributed by atoms with E-state index in [1.807, 2.05) is 20.8 Å². The Labute approximate surface area is 133 Å². The number of aliphatic hydroxyl groups excluding tert-OH is 1. The lowest BCUT2D eigenvalue weighted by molar-refractivity contribution is -0.207. The number of aromatic nitrogens is 1. The second kappa shape index (κ2) is 6.00. The lowest BCUT2D eigenvalue weighted by atomic mass is 10.0. The van der Waals surface area contributed by atoms with E-state index in [0.717, 1.165) is 29.0 Å². The van der Waals surface area contributed by atoms with Crippen LogP contribution in [0.4, 0.5) is 13.2 Å². The van der Waals surface area contributed by atoms with Gasteiger partial charge in [0, 0.05) is 22.7 Å². The highest BCUT2D eigenvalue weighted by molar-refractivity contribution is 6.03. The summed E-state index contributed by atoms with van der Waals surface area (Å²) in [5.41, 5.74) is 5.02. The number of aromatic amines is 1. The van der Waals surface area contributed by atoms with Gasteiger partial charge in [-0.15, -0.1) is 0 Å². The van der Waals surface area contributed by atoms with Gasteiger partial charge in [0.2, 0.25) is 0 Å². The standard InChI is InChI=1S/C17H21F3N2O/c1-6-12-8(2)13(21-10(12)4)7-14-9(3)15(11(5)22-14)16(23)17(18,19)20/h7,16,22-23H,6H2,1-5H3/b13-7-. The molecule has 1 aliphatic heterocycles. The van der Waals surface area contributed by atoms with Crippen LogP contribution in [0, 0.1) is 13.8 Å². The van der Waals surface area contributed by atoms with Gasteiger partial charge < -0.3 is 10.1 Å². The molecule has 0 fully saturated rings. The number of hydrogen-bond acceptors (Lipinski definition) is 2. The molecule has 0 saturated heterocycles. The number of allylic oxidation sites excluding steroid dienone is 2. The van der Waals surface area contributed by atoms with Crippen LogP contribution in [-0.2, 0) is 0 Å². The largest absolute Gasteiger partial charge is 0.418 e. The average molecular weight is 326 g/mol. The van der Waals surface area contributed by atoms with Crippen molar-refractivity contribution >= 4 is 11.8 Å². The molecule has 1 aliphatic rings. The summed E-state index contributed by atoms with van der Waals surface area (Å²) >= 11 is 0. The van der Waals surface area contributed by atoms with Crippen molar-refractivity contribution in [3.63, 3.8) is 0 Å². The summed E-state index contributed by atoms with van der Waals surface area (Å²) in [6.45, 7) is 9.03. The van der Waals surface area contributed by atoms with Crippen molar-refractivity contribution < 1.29 is 18.3 Å². The summed E-state index contributed by atoms with van der Waals surface area (Å²) in [6.07, 6.45) is -4.56. The van der Waals surface area contributed by atoms with Gasteiger partial charge in [0.15, 0.2) is 6.10 Å². The number of nitrogens with one attached hydrogen (secondary N) is 1. The number of aliphatic hydroxyl groups is 1. The Morgan fingerprint density at radius 3 is 2.30 bits per heavy atom. The number of alkyl halides is 3. The van der Waals surface area contributed by atoms with E-state index in [1.165, 1.54) is 6.92 Å². The average Bonchev–Trinajstić information content (AvgIpc) is 2.86. The van der Waals surface area contributed by atoms with Crippen LogP contribution in [0.5, 0.6) is 0 Å². The van der Waals surface area contributed by atoms with Crippen LogP contribution < -0.4 is 0 Å². The highest BCUT2D eigenvalue weighted by atomic mass is 19.4. The maximum absolute atomic E-state index is 12.8. The molecule has 2 rings (SSSR count). The Bertz CT molecular complexity index is 721. The molecule has 0 aromatic carbocycles. The molecule has 0 bridgehead atoms. The minimum absolute atomic E-state index is 0.111. The zero-order valence-electron chi connectivity index (χ0n) is 13.9. The molecular weight excluding hydrogens is 305 g/mol. The van der Waals surface area contributed by atoms with Crippen LogP contribution in [0.25, 0.3) is 6.08 Å². The number of nitrogens with zero attached hydrogens (tertiary/aromatic N) is 1. The Kier molecular flexibility index (Phi) is 4.57. The fourth-order valence-corrected chi connectivity index (χ4v) is 3.06. The fraction of sp³-hybridized carbons (Fsp3) is 0.471. The minimum Gasteiger partial charge on any atom is -0.379 e. The van der Waals surface area contributed by atoms with E-state index in [9.17, 15) is 18.3 Å². The van der Waals surface area contributed by atoms with E-state index < -0.39 is 12.3 Å². The zero-order valence-corrected chi connectivity index (χ0v) is 13.9. The first-order chi connectivity index (χ1) is 10.6. The fourth-order valence-electron chi connectivity index (χ4n) is 3.06. The minimum atomic E-state index is -4.69. The van der Waals surface area contributed by atoms with Gasteiger partial charge in [-0.25, -0.2) is 0 Å². The third kappa shape index (κ3) is 3.13. The van der Waals surface area contributed by atoms with E-state index in [0.29, 0.717) is 17.0 Å². The van der Waals surface area contributed by atoms with Gasteiger partial charge in [-0.3, -0.25) is 4.99 Å². The topological polar surface area (TPSA) is 48.4 Å². The highest BCUT2D eigenvalue weighted by Crippen LogP contribution is 2.38. The molecule has 0 amide bonds. The number of H-pyrrole nitrogens is 1. The smallest absolute Gasteiger partial charge is 0.379 e. The molecule has 0 radical (unpaired) electrons. The van der Waals surface area contributed by atoms with Gasteiger partial charge in [-0.2, -0.15) is 13.2 Å². The predicted molar refractivity (Wildman–Crippen MR) is 85.4 cm³/mol. The monoisotopic (exact) mass is 326 g/mol.